The van der Waals surface area contributed by atoms with Crippen LogP contribution in [0.2, 0.25) is 0 Å². The molecule has 0 aliphatic carbocycles. The number of carboxylic acids is 1. The van der Waals surface area contributed by atoms with Gasteiger partial charge in [-0.25, -0.2) is 13.2 Å². The predicted molar refractivity (Wildman–Crippen MR) is 254 cm³/mol. The summed E-state index contributed by atoms with van der Waals surface area (Å²) in [7, 11) is -4.20. The molecule has 0 spiro atoms. The first-order valence-electron chi connectivity index (χ1n) is 24.3. The van der Waals surface area contributed by atoms with Crippen LogP contribution in [0.1, 0.15) is 82.8 Å². The van der Waals surface area contributed by atoms with E-state index < -0.39 is 101 Å². The molecule has 0 saturated carbocycles. The number of hydrogen-bond donors (Lipinski definition) is 7. The van der Waals surface area contributed by atoms with Crippen LogP contribution in [0, 0.1) is 11.8 Å². The number of aliphatic hydroxyl groups excluding tert-OH is 1. The number of carbonyl (C=O) groups is 6. The number of fused-ring (bicyclic) bond motifs is 1. The maximum Gasteiger partial charge on any atom is 0.407 e. The number of sulfonamides is 1. The monoisotopic (exact) mass is 998 g/mol. The van der Waals surface area contributed by atoms with Crippen LogP contribution in [-0.4, -0.2) is 163 Å². The van der Waals surface area contributed by atoms with Crippen molar-refractivity contribution in [2.45, 2.75) is 138 Å². The van der Waals surface area contributed by atoms with Crippen molar-refractivity contribution in [1.29, 1.82) is 0 Å². The first-order valence-corrected chi connectivity index (χ1v) is 25.8. The highest BCUT2D eigenvalue weighted by molar-refractivity contribution is 7.89. The van der Waals surface area contributed by atoms with Crippen LogP contribution in [0.5, 0.6) is 0 Å². The highest BCUT2D eigenvalue weighted by Crippen LogP contribution is 2.33. The average molecular weight is 999 g/mol. The Bertz CT molecular complexity index is 2220. The summed E-state index contributed by atoms with van der Waals surface area (Å²) in [4.78, 5) is 81.6. The van der Waals surface area contributed by atoms with E-state index in [2.05, 4.69) is 16.0 Å². The highest BCUT2D eigenvalue weighted by atomic mass is 32.2. The number of aliphatic carboxylic acids is 1. The van der Waals surface area contributed by atoms with E-state index in [9.17, 15) is 42.3 Å². The van der Waals surface area contributed by atoms with Gasteiger partial charge in [0.15, 0.2) is 6.29 Å². The SMILES string of the molecule is CC(C)CN(C[C@@H](O)[C@H](Cc1ccccc1)NC(=O)OC1CO[C@H]2OCC[C@@H]12)S(=O)(=O)c1ccc(CNC(=O)[C@@H]2CCCN2C(=O)[C@H](CCCCN)NC(=O)[C@@H]2CCCN2C(=O)[C@@H](N)CC(=O)O)cc1. The lowest BCUT2D eigenvalue weighted by molar-refractivity contribution is -0.145. The fourth-order valence-corrected chi connectivity index (χ4v) is 11.2. The Hall–Kier alpha value is -5.23. The molecule has 5 amide bonds. The van der Waals surface area contributed by atoms with Crippen molar-refractivity contribution in [3.05, 3.63) is 65.7 Å². The van der Waals surface area contributed by atoms with Crippen molar-refractivity contribution in [2.75, 3.05) is 45.9 Å². The summed E-state index contributed by atoms with van der Waals surface area (Å²) in [6.45, 7) is 5.00. The molecule has 21 nitrogen and oxygen atoms in total. The van der Waals surface area contributed by atoms with Gasteiger partial charge in [-0.05, 0) is 93.5 Å². The van der Waals surface area contributed by atoms with Crippen molar-refractivity contribution in [3.63, 3.8) is 0 Å². The summed E-state index contributed by atoms with van der Waals surface area (Å²) in [5.41, 5.74) is 13.0. The number of alkyl carbamates (subject to hydrolysis) is 1. The molecule has 4 heterocycles. The largest absolute Gasteiger partial charge is 0.481 e. The molecule has 386 valence electrons. The van der Waals surface area contributed by atoms with Crippen LogP contribution in [0.3, 0.4) is 0 Å². The molecule has 1 unspecified atom stereocenters. The number of likely N-dealkylation sites (tertiary alicyclic amines) is 2. The molecule has 9 N–H and O–H groups in total. The van der Waals surface area contributed by atoms with Gasteiger partial charge < -0.3 is 61.6 Å². The minimum Gasteiger partial charge on any atom is -0.481 e. The maximum absolute atomic E-state index is 14.3. The van der Waals surface area contributed by atoms with Crippen LogP contribution in [0.15, 0.2) is 59.5 Å². The van der Waals surface area contributed by atoms with Crippen molar-refractivity contribution in [1.82, 2.24) is 30.1 Å². The van der Waals surface area contributed by atoms with Gasteiger partial charge in [-0.3, -0.25) is 24.0 Å². The van der Waals surface area contributed by atoms with Gasteiger partial charge in [0.1, 0.15) is 24.2 Å². The summed E-state index contributed by atoms with van der Waals surface area (Å²) in [5, 5.41) is 29.3. The number of aliphatic hydroxyl groups is 1. The number of nitrogens with two attached hydrogens (primary N) is 2. The Morgan fingerprint density at radius 1 is 0.857 bits per heavy atom. The molecule has 9 atom stereocenters. The summed E-state index contributed by atoms with van der Waals surface area (Å²) in [6.07, 6.45) is 0.271. The smallest absolute Gasteiger partial charge is 0.407 e. The van der Waals surface area contributed by atoms with E-state index in [1.54, 1.807) is 12.1 Å². The fourth-order valence-electron chi connectivity index (χ4n) is 9.58. The number of carboxylic acid groups (broad SMARTS) is 1. The van der Waals surface area contributed by atoms with Crippen LogP contribution >= 0.6 is 0 Å². The minimum absolute atomic E-state index is 0.0165. The van der Waals surface area contributed by atoms with Gasteiger partial charge in [0.2, 0.25) is 33.7 Å². The topological polar surface area (TPSA) is 303 Å². The molecule has 4 aliphatic rings. The lowest BCUT2D eigenvalue weighted by Gasteiger charge is -2.31. The van der Waals surface area contributed by atoms with Crippen molar-refractivity contribution in [3.8, 4) is 0 Å². The maximum atomic E-state index is 14.3. The van der Waals surface area contributed by atoms with E-state index >= 15 is 0 Å². The summed E-state index contributed by atoms with van der Waals surface area (Å²) in [6, 6.07) is 10.2. The second kappa shape index (κ2) is 25.2. The summed E-state index contributed by atoms with van der Waals surface area (Å²) >= 11 is 0. The zero-order valence-corrected chi connectivity index (χ0v) is 40.8. The lowest BCUT2D eigenvalue weighted by atomic mass is 10.0. The van der Waals surface area contributed by atoms with Gasteiger partial charge in [0.25, 0.3) is 0 Å². The van der Waals surface area contributed by atoms with Gasteiger partial charge in [0, 0.05) is 32.7 Å². The van der Waals surface area contributed by atoms with Crippen molar-refractivity contribution in [2.24, 2.45) is 23.3 Å². The molecule has 6 rings (SSSR count). The standard InChI is InChI=1S/C48H70N8O13S/c1-30(2)27-54(28-40(57)37(24-31-10-4-3-5-11-31)53-48(64)69-41-29-68-47-34(41)19-23-67-47)70(65,66)33-17-15-32(16-18-33)26-51-43(60)38-13-8-22-56(38)46(63)36(12-6-7-20-49)52-44(61)39-14-9-21-55(39)45(62)35(50)25-42(58)59/h3-5,10-11,15-18,30,34-41,47,57H,6-9,12-14,19-29,49-50H2,1-2H3,(H,51,60)(H,52,61)(H,53,64)(H,58,59)/t34-,35-,36-,37-,38-,39-,40+,41?,47+/m0/s1. The van der Waals surface area contributed by atoms with E-state index in [1.807, 2.05) is 44.2 Å². The lowest BCUT2D eigenvalue weighted by Crippen LogP contribution is -2.57. The molecular weight excluding hydrogens is 929 g/mol. The molecular formula is C48H70N8O13S. The normalized spacial score (nSPS) is 22.9. The van der Waals surface area contributed by atoms with E-state index in [0.717, 1.165) is 5.56 Å². The number of ether oxygens (including phenoxy) is 3. The van der Waals surface area contributed by atoms with Gasteiger partial charge in [-0.2, -0.15) is 4.31 Å². The zero-order valence-electron chi connectivity index (χ0n) is 40.0. The number of benzene rings is 2. The first kappa shape index (κ1) is 54.1. The second-order valence-electron chi connectivity index (χ2n) is 19.0. The van der Waals surface area contributed by atoms with E-state index in [1.165, 1.54) is 26.2 Å². The van der Waals surface area contributed by atoms with Crippen LogP contribution in [0.4, 0.5) is 4.79 Å². The van der Waals surface area contributed by atoms with Gasteiger partial charge in [0.05, 0.1) is 48.6 Å². The molecule has 22 heteroatoms. The minimum atomic E-state index is -4.20. The van der Waals surface area contributed by atoms with Crippen LogP contribution in [0.25, 0.3) is 0 Å². The quantitative estimate of drug-likeness (QED) is 0.0716. The zero-order chi connectivity index (χ0) is 50.5. The number of nitrogens with one attached hydrogen (secondary N) is 3. The first-order chi connectivity index (χ1) is 33.5. The Morgan fingerprint density at radius 3 is 2.19 bits per heavy atom. The Labute approximate surface area is 409 Å². The molecule has 70 heavy (non-hydrogen) atoms. The van der Waals surface area contributed by atoms with Crippen LogP contribution < -0.4 is 27.4 Å². The molecule has 0 radical (unpaired) electrons. The number of rotatable bonds is 24. The van der Waals surface area contributed by atoms with Gasteiger partial charge in [-0.15, -0.1) is 0 Å². The molecule has 0 aromatic heterocycles. The highest BCUT2D eigenvalue weighted by Gasteiger charge is 2.45. The molecule has 4 aliphatic heterocycles. The Kier molecular flexibility index (Phi) is 19.5. The number of hydrogen-bond acceptors (Lipinski definition) is 14. The molecule has 0 bridgehead atoms. The van der Waals surface area contributed by atoms with Gasteiger partial charge in [-0.1, -0.05) is 56.3 Å². The van der Waals surface area contributed by atoms with Crippen molar-refractivity contribution < 1.29 is 61.6 Å². The number of unbranched alkanes of at least 4 members (excludes halogenated alkanes) is 1. The summed E-state index contributed by atoms with van der Waals surface area (Å²) < 4.78 is 46.7. The third-order valence-corrected chi connectivity index (χ3v) is 15.1. The van der Waals surface area contributed by atoms with Crippen LogP contribution in [-0.2, 0) is 61.2 Å². The van der Waals surface area contributed by atoms with E-state index in [4.69, 9.17) is 30.8 Å². The second-order valence-corrected chi connectivity index (χ2v) is 20.9. The van der Waals surface area contributed by atoms with Crippen molar-refractivity contribution >= 4 is 45.7 Å². The number of carbonyl (C=O) groups excluding carboxylic acids is 5. The third-order valence-electron chi connectivity index (χ3n) is 13.2. The fraction of sp³-hybridized carbons (Fsp3) is 0.625. The van der Waals surface area contributed by atoms with E-state index in [0.29, 0.717) is 63.7 Å². The van der Waals surface area contributed by atoms with Gasteiger partial charge >= 0.3 is 12.1 Å². The average Bonchev–Trinajstić information content (AvgIpc) is 4.17. The third kappa shape index (κ3) is 14.2. The Balaban J connectivity index is 1.07. The number of amides is 5. The van der Waals surface area contributed by atoms with E-state index in [-0.39, 0.29) is 68.9 Å². The predicted octanol–water partition coefficient (Wildman–Crippen LogP) is 0.807. The molecule has 2 aromatic rings. The Morgan fingerprint density at radius 2 is 1.53 bits per heavy atom. The molecule has 4 saturated heterocycles. The molecule has 2 aromatic carbocycles. The molecule has 4 fully saturated rings. The number of nitrogens with zero attached hydrogens (tertiary/aromatic N) is 3. The summed E-state index contributed by atoms with van der Waals surface area (Å²) in [5.74, 6) is -3.57.